The average Bonchev–Trinajstić information content (AvgIpc) is 3.21. The zero-order valence-electron chi connectivity index (χ0n) is 16.4. The van der Waals surface area contributed by atoms with Crippen molar-refractivity contribution in [1.29, 1.82) is 0 Å². The number of nitrogens with zero attached hydrogens (tertiary/aromatic N) is 4. The van der Waals surface area contributed by atoms with Crippen LogP contribution < -0.4 is 16.6 Å². The average molecular weight is 425 g/mol. The van der Waals surface area contributed by atoms with E-state index in [1.54, 1.807) is 30.3 Å². The predicted octanol–water partition coefficient (Wildman–Crippen LogP) is 1.71. The molecule has 0 saturated heterocycles. The molecule has 1 N–H and O–H groups in total. The Balaban J connectivity index is 1.43. The molecule has 4 rings (SSSR count). The van der Waals surface area contributed by atoms with Gasteiger partial charge in [-0.2, -0.15) is 5.10 Å². The molecule has 4 aromatic rings. The number of carbonyl (C=O) groups is 1. The molecule has 3 heterocycles. The van der Waals surface area contributed by atoms with Crippen LogP contribution in [0.25, 0.3) is 21.7 Å². The van der Waals surface area contributed by atoms with E-state index < -0.39 is 5.76 Å². The van der Waals surface area contributed by atoms with Gasteiger partial charge in [0, 0.05) is 12.6 Å². The van der Waals surface area contributed by atoms with Gasteiger partial charge in [0.2, 0.25) is 5.91 Å². The quantitative estimate of drug-likeness (QED) is 0.503. The van der Waals surface area contributed by atoms with Crippen molar-refractivity contribution in [3.8, 4) is 10.6 Å². The van der Waals surface area contributed by atoms with Gasteiger partial charge in [-0.15, -0.1) is 11.3 Å². The van der Waals surface area contributed by atoms with Crippen molar-refractivity contribution in [1.82, 2.24) is 24.6 Å². The molecule has 1 amide bonds. The van der Waals surface area contributed by atoms with Crippen LogP contribution in [0.15, 0.2) is 50.4 Å². The van der Waals surface area contributed by atoms with Crippen molar-refractivity contribution >= 4 is 28.3 Å². The molecule has 0 atom stereocenters. The largest absolute Gasteiger partial charge is 0.420 e. The van der Waals surface area contributed by atoms with Gasteiger partial charge in [-0.3, -0.25) is 14.2 Å². The Morgan fingerprint density at radius 2 is 1.97 bits per heavy atom. The minimum Gasteiger partial charge on any atom is -0.408 e. The van der Waals surface area contributed by atoms with Gasteiger partial charge in [-0.25, -0.2) is 14.5 Å². The van der Waals surface area contributed by atoms with Crippen LogP contribution in [0.2, 0.25) is 0 Å². The van der Waals surface area contributed by atoms with E-state index in [1.165, 1.54) is 26.7 Å². The van der Waals surface area contributed by atoms with Gasteiger partial charge < -0.3 is 9.73 Å². The number of nitrogens with one attached hydrogen (secondary N) is 1. The summed E-state index contributed by atoms with van der Waals surface area (Å²) in [6, 6.07) is 10.0. The van der Waals surface area contributed by atoms with Gasteiger partial charge in [0.15, 0.2) is 5.58 Å². The first-order valence-electron chi connectivity index (χ1n) is 9.30. The lowest BCUT2D eigenvalue weighted by molar-refractivity contribution is -0.121. The van der Waals surface area contributed by atoms with Crippen molar-refractivity contribution in [2.24, 2.45) is 0 Å². The lowest BCUT2D eigenvalue weighted by Crippen LogP contribution is -2.35. The van der Waals surface area contributed by atoms with Crippen molar-refractivity contribution in [2.45, 2.75) is 26.9 Å². The molecular formula is C20H19N5O4S. The highest BCUT2D eigenvalue weighted by Gasteiger charge is 2.13. The SMILES string of the molecule is Cc1nc(C)c(-c2ccc(=O)n(CCNC(=O)Cn3c(=O)oc4ccccc43)n2)s1. The summed E-state index contributed by atoms with van der Waals surface area (Å²) in [6.07, 6.45) is 0. The zero-order valence-corrected chi connectivity index (χ0v) is 17.2. The molecular weight excluding hydrogens is 406 g/mol. The van der Waals surface area contributed by atoms with E-state index in [0.29, 0.717) is 16.8 Å². The second-order valence-electron chi connectivity index (χ2n) is 6.70. The van der Waals surface area contributed by atoms with Gasteiger partial charge in [-0.05, 0) is 32.0 Å². The highest BCUT2D eigenvalue weighted by molar-refractivity contribution is 7.15. The normalized spacial score (nSPS) is 11.1. The minimum atomic E-state index is -0.591. The Hall–Kier alpha value is -3.53. The number of thiazole rings is 1. The monoisotopic (exact) mass is 425 g/mol. The molecule has 0 aliphatic heterocycles. The molecule has 0 spiro atoms. The second-order valence-corrected chi connectivity index (χ2v) is 7.90. The molecule has 0 aliphatic carbocycles. The minimum absolute atomic E-state index is 0.169. The lowest BCUT2D eigenvalue weighted by Gasteiger charge is -2.08. The number of oxazole rings is 1. The van der Waals surface area contributed by atoms with Crippen LogP contribution in [0.5, 0.6) is 0 Å². The highest BCUT2D eigenvalue weighted by atomic mass is 32.1. The van der Waals surface area contributed by atoms with E-state index in [0.717, 1.165) is 15.6 Å². The second kappa shape index (κ2) is 8.07. The van der Waals surface area contributed by atoms with Crippen molar-refractivity contribution in [3.05, 3.63) is 68.0 Å². The summed E-state index contributed by atoms with van der Waals surface area (Å²) in [5.74, 6) is -0.950. The van der Waals surface area contributed by atoms with Crippen molar-refractivity contribution in [2.75, 3.05) is 6.54 Å². The molecule has 0 aliphatic rings. The number of benzene rings is 1. The van der Waals surface area contributed by atoms with E-state index in [1.807, 2.05) is 13.8 Å². The fourth-order valence-corrected chi connectivity index (χ4v) is 4.05. The van der Waals surface area contributed by atoms with E-state index in [2.05, 4.69) is 15.4 Å². The number of hydrogen-bond donors (Lipinski definition) is 1. The van der Waals surface area contributed by atoms with Gasteiger partial charge in [-0.1, -0.05) is 12.1 Å². The molecule has 9 nitrogen and oxygen atoms in total. The maximum atomic E-state index is 12.3. The topological polar surface area (TPSA) is 112 Å². The number of amides is 1. The Bertz CT molecular complexity index is 1350. The van der Waals surface area contributed by atoms with Crippen LogP contribution in [0.1, 0.15) is 10.7 Å². The molecule has 0 fully saturated rings. The lowest BCUT2D eigenvalue weighted by atomic mass is 10.3. The summed E-state index contributed by atoms with van der Waals surface area (Å²) < 4.78 is 7.70. The van der Waals surface area contributed by atoms with Gasteiger partial charge in [0.05, 0.1) is 27.6 Å². The summed E-state index contributed by atoms with van der Waals surface area (Å²) >= 11 is 1.52. The summed E-state index contributed by atoms with van der Waals surface area (Å²) in [6.45, 7) is 4.05. The van der Waals surface area contributed by atoms with Crippen molar-refractivity contribution in [3.63, 3.8) is 0 Å². The summed E-state index contributed by atoms with van der Waals surface area (Å²) in [7, 11) is 0. The standard InChI is InChI=1S/C20H19N5O4S/c1-12-19(30-13(2)22-12)14-7-8-18(27)25(23-14)10-9-21-17(26)11-24-15-5-3-4-6-16(15)29-20(24)28/h3-8H,9-11H2,1-2H3,(H,21,26). The number of para-hydroxylation sites is 2. The number of fused-ring (bicyclic) bond motifs is 1. The third-order valence-corrected chi connectivity index (χ3v) is 5.62. The van der Waals surface area contributed by atoms with Crippen LogP contribution in [0.3, 0.4) is 0 Å². The molecule has 154 valence electrons. The Morgan fingerprint density at radius 1 is 1.17 bits per heavy atom. The molecule has 0 unspecified atom stereocenters. The molecule has 0 radical (unpaired) electrons. The van der Waals surface area contributed by atoms with Crippen LogP contribution in [-0.2, 0) is 17.9 Å². The number of aryl methyl sites for hydroxylation is 2. The fraction of sp³-hybridized carbons (Fsp3) is 0.250. The maximum absolute atomic E-state index is 12.3. The number of carbonyl (C=O) groups excluding carboxylic acids is 1. The third kappa shape index (κ3) is 3.94. The number of rotatable bonds is 6. The van der Waals surface area contributed by atoms with Gasteiger partial charge in [0.25, 0.3) is 5.56 Å². The maximum Gasteiger partial charge on any atom is 0.420 e. The summed E-state index contributed by atoms with van der Waals surface area (Å²) in [5.41, 5.74) is 2.25. The Labute approximate surface area is 174 Å². The Morgan fingerprint density at radius 3 is 2.73 bits per heavy atom. The van der Waals surface area contributed by atoms with E-state index in [-0.39, 0.29) is 31.1 Å². The fourth-order valence-electron chi connectivity index (χ4n) is 3.16. The van der Waals surface area contributed by atoms with E-state index in [9.17, 15) is 14.4 Å². The van der Waals surface area contributed by atoms with Crippen LogP contribution in [0.4, 0.5) is 0 Å². The van der Waals surface area contributed by atoms with E-state index in [4.69, 9.17) is 4.42 Å². The summed E-state index contributed by atoms with van der Waals surface area (Å²) in [5, 5.41) is 8.04. The van der Waals surface area contributed by atoms with Crippen molar-refractivity contribution < 1.29 is 9.21 Å². The third-order valence-electron chi connectivity index (χ3n) is 4.52. The Kier molecular flexibility index (Phi) is 5.32. The first kappa shape index (κ1) is 19.8. The molecule has 1 aromatic carbocycles. The first-order chi connectivity index (χ1) is 14.4. The van der Waals surface area contributed by atoms with Gasteiger partial charge in [0.1, 0.15) is 12.2 Å². The van der Waals surface area contributed by atoms with Crippen LogP contribution in [-0.4, -0.2) is 31.8 Å². The van der Waals surface area contributed by atoms with E-state index >= 15 is 0 Å². The van der Waals surface area contributed by atoms with Crippen LogP contribution >= 0.6 is 11.3 Å². The molecule has 10 heteroatoms. The summed E-state index contributed by atoms with van der Waals surface area (Å²) in [4.78, 5) is 41.7. The molecule has 0 bridgehead atoms. The van der Waals surface area contributed by atoms with Crippen LogP contribution in [0, 0.1) is 13.8 Å². The number of aromatic nitrogens is 4. The molecule has 30 heavy (non-hydrogen) atoms. The van der Waals surface area contributed by atoms with Gasteiger partial charge >= 0.3 is 5.76 Å². The highest BCUT2D eigenvalue weighted by Crippen LogP contribution is 2.27. The number of hydrogen-bond acceptors (Lipinski definition) is 7. The molecule has 3 aromatic heterocycles. The predicted molar refractivity (Wildman–Crippen MR) is 113 cm³/mol. The first-order valence-corrected chi connectivity index (χ1v) is 10.1. The molecule has 0 saturated carbocycles. The smallest absolute Gasteiger partial charge is 0.408 e. The zero-order chi connectivity index (χ0) is 21.3.